The number of allylic oxidation sites excluding steroid dienone is 1. The molecule has 1 aromatic carbocycles. The summed E-state index contributed by atoms with van der Waals surface area (Å²) >= 11 is 0. The van der Waals surface area contributed by atoms with Crippen LogP contribution in [0.4, 0.5) is 0 Å². The molecule has 5 atom stereocenters. The van der Waals surface area contributed by atoms with E-state index in [0.29, 0.717) is 88.6 Å². The number of aliphatic carboxylic acids is 2. The number of benzene rings is 1. The Morgan fingerprint density at radius 2 is 1.11 bits per heavy atom. The summed E-state index contributed by atoms with van der Waals surface area (Å²) in [6.45, 7) is 11.1. The zero-order valence-corrected chi connectivity index (χ0v) is 52.7. The molecule has 0 saturated heterocycles. The molecule has 22 heteroatoms. The molecule has 0 aliphatic rings. The molecule has 22 nitrogen and oxygen atoms in total. The van der Waals surface area contributed by atoms with Crippen molar-refractivity contribution in [3.63, 3.8) is 0 Å². The molecule has 0 aliphatic heterocycles. The van der Waals surface area contributed by atoms with Crippen molar-refractivity contribution in [3.05, 3.63) is 42.1 Å². The minimum absolute atomic E-state index is 0.0187. The number of carbonyl (C=O) groups is 9. The Morgan fingerprint density at radius 3 is 1.71 bits per heavy atom. The summed E-state index contributed by atoms with van der Waals surface area (Å²) in [6.07, 6.45) is 16.9. The van der Waals surface area contributed by atoms with Gasteiger partial charge in [0.15, 0.2) is 5.78 Å². The van der Waals surface area contributed by atoms with E-state index in [1.54, 1.807) is 19.1 Å². The first-order valence-corrected chi connectivity index (χ1v) is 31.8. The van der Waals surface area contributed by atoms with E-state index in [1.165, 1.54) is 31.4 Å². The van der Waals surface area contributed by atoms with E-state index in [4.69, 9.17) is 40.9 Å². The normalized spacial score (nSPS) is 13.0. The van der Waals surface area contributed by atoms with Crippen LogP contribution in [-0.2, 0) is 68.5 Å². The Bertz CT molecular complexity index is 2190. The number of ketones is 4. The largest absolute Gasteiger partial charge is 0.508 e. The number of amides is 3. The van der Waals surface area contributed by atoms with E-state index in [0.717, 1.165) is 51.4 Å². The van der Waals surface area contributed by atoms with Gasteiger partial charge in [0.25, 0.3) is 0 Å². The lowest BCUT2D eigenvalue weighted by Gasteiger charge is -2.27. The van der Waals surface area contributed by atoms with Gasteiger partial charge in [-0.1, -0.05) is 110 Å². The average molecular weight is 1230 g/mol. The average Bonchev–Trinajstić information content (AvgIpc) is 2.40. The third-order valence-electron chi connectivity index (χ3n) is 15.0. The van der Waals surface area contributed by atoms with Crippen molar-refractivity contribution >= 4 is 58.6 Å². The molecule has 1 aromatic rings. The Kier molecular flexibility index (Phi) is 45.2. The van der Waals surface area contributed by atoms with Crippen LogP contribution >= 0.6 is 0 Å². The topological polar surface area (TPSA) is 363 Å². The highest BCUT2D eigenvalue weighted by molar-refractivity contribution is 5.94. The van der Waals surface area contributed by atoms with Gasteiger partial charge in [-0.05, 0) is 87.8 Å². The number of hydrogen-bond acceptors (Lipinski definition) is 16. The van der Waals surface area contributed by atoms with E-state index >= 15 is 0 Å². The van der Waals surface area contributed by atoms with Crippen molar-refractivity contribution in [1.29, 1.82) is 5.41 Å². The van der Waals surface area contributed by atoms with Crippen molar-refractivity contribution in [3.8, 4) is 5.75 Å². The third kappa shape index (κ3) is 43.2. The first-order chi connectivity index (χ1) is 41.6. The molecule has 1 rings (SSSR count). The number of aromatic hydroxyl groups is 1. The minimum atomic E-state index is -1.05. The highest BCUT2D eigenvalue weighted by atomic mass is 16.5. The van der Waals surface area contributed by atoms with Gasteiger partial charge in [-0.2, -0.15) is 0 Å². The van der Waals surface area contributed by atoms with Gasteiger partial charge < -0.3 is 61.7 Å². The molecule has 0 radical (unpaired) electrons. The van der Waals surface area contributed by atoms with Gasteiger partial charge in [0.05, 0.1) is 38.9 Å². The summed E-state index contributed by atoms with van der Waals surface area (Å²) in [4.78, 5) is 114. The molecule has 1 unspecified atom stereocenters. The van der Waals surface area contributed by atoms with E-state index < -0.39 is 47.6 Å². The minimum Gasteiger partial charge on any atom is -0.508 e. The number of nitrogens with one attached hydrogen (secondary N) is 4. The van der Waals surface area contributed by atoms with Crippen LogP contribution in [0, 0.1) is 35.0 Å². The van der Waals surface area contributed by atoms with Gasteiger partial charge in [-0.25, -0.2) is 4.79 Å². The number of rotatable bonds is 60. The molecule has 87 heavy (non-hydrogen) atoms. The van der Waals surface area contributed by atoms with Gasteiger partial charge >= 0.3 is 11.9 Å². The smallest absolute Gasteiger partial charge is 0.326 e. The van der Waals surface area contributed by atoms with Gasteiger partial charge in [0, 0.05) is 94.0 Å². The number of ether oxygens (including phenoxy) is 4. The summed E-state index contributed by atoms with van der Waals surface area (Å²) in [5.41, 5.74) is 12.7. The van der Waals surface area contributed by atoms with E-state index in [1.807, 2.05) is 13.8 Å². The SMILES string of the molecule is C=C(CCCCCCCCCCCCCC(=O)O)N[C@@H](CCC(=O)NCCOCCOCC(=O)CCCOCCOCC(=O)NCCCC[C@H](CC(=O)CC(C)C)C(=O)C(C)[C@@H](CCCCC(=N)N)C(=O)C[C@@H](Cc1ccc(O)cc1)C(N)=O)C(=O)O. The zero-order chi connectivity index (χ0) is 64.6. The van der Waals surface area contributed by atoms with Crippen molar-refractivity contribution in [2.45, 2.75) is 207 Å². The summed E-state index contributed by atoms with van der Waals surface area (Å²) < 4.78 is 21.9. The molecule has 0 fully saturated rings. The molecular formula is C65H108N6O16. The number of carboxylic acid groups (broad SMARTS) is 2. The molecule has 0 bridgehead atoms. The van der Waals surface area contributed by atoms with Crippen molar-refractivity contribution in [2.24, 2.45) is 41.1 Å². The van der Waals surface area contributed by atoms with Crippen LogP contribution in [0.3, 0.4) is 0 Å². The predicted octanol–water partition coefficient (Wildman–Crippen LogP) is 8.25. The lowest BCUT2D eigenvalue weighted by molar-refractivity contribution is -0.140. The lowest BCUT2D eigenvalue weighted by atomic mass is 9.75. The van der Waals surface area contributed by atoms with Crippen LogP contribution in [0.15, 0.2) is 36.5 Å². The van der Waals surface area contributed by atoms with E-state index in [-0.39, 0.29) is 150 Å². The second-order valence-corrected chi connectivity index (χ2v) is 23.4. The third-order valence-corrected chi connectivity index (χ3v) is 15.0. The van der Waals surface area contributed by atoms with Crippen LogP contribution in [0.2, 0.25) is 0 Å². The first kappa shape index (κ1) is 78.9. The zero-order valence-electron chi connectivity index (χ0n) is 52.7. The maximum Gasteiger partial charge on any atom is 0.326 e. The van der Waals surface area contributed by atoms with Gasteiger partial charge in [0.1, 0.15) is 42.4 Å². The summed E-state index contributed by atoms with van der Waals surface area (Å²) in [5.74, 6) is -6.54. The fraction of sp³-hybridized carbons (Fsp3) is 0.723. The number of primary amides is 1. The molecule has 3 amide bonds. The second-order valence-electron chi connectivity index (χ2n) is 23.4. The Morgan fingerprint density at radius 1 is 0.552 bits per heavy atom. The summed E-state index contributed by atoms with van der Waals surface area (Å²) in [7, 11) is 0. The molecule has 0 aromatic heterocycles. The highest BCUT2D eigenvalue weighted by Gasteiger charge is 2.36. The van der Waals surface area contributed by atoms with Crippen LogP contribution in [0.25, 0.3) is 0 Å². The molecule has 0 saturated carbocycles. The molecular weight excluding hydrogens is 1120 g/mol. The van der Waals surface area contributed by atoms with Crippen LogP contribution in [-0.4, -0.2) is 146 Å². The van der Waals surface area contributed by atoms with E-state index in [2.05, 4.69) is 22.5 Å². The maximum absolute atomic E-state index is 14.3. The molecule has 494 valence electrons. The lowest BCUT2D eigenvalue weighted by Crippen LogP contribution is -2.37. The fourth-order valence-electron chi connectivity index (χ4n) is 10.1. The number of carbonyl (C=O) groups excluding carboxylic acids is 7. The maximum atomic E-state index is 14.3. The quantitative estimate of drug-likeness (QED) is 0.0168. The van der Waals surface area contributed by atoms with Crippen molar-refractivity contribution in [2.75, 3.05) is 65.9 Å². The van der Waals surface area contributed by atoms with Crippen LogP contribution in [0.1, 0.15) is 200 Å². The monoisotopic (exact) mass is 1230 g/mol. The number of hydrogen-bond donors (Lipinski definition) is 9. The van der Waals surface area contributed by atoms with Crippen LogP contribution < -0.4 is 27.4 Å². The number of phenols is 1. The molecule has 0 spiro atoms. The molecule has 11 N–H and O–H groups in total. The van der Waals surface area contributed by atoms with Gasteiger partial charge in [0.2, 0.25) is 17.7 Å². The number of nitrogens with two attached hydrogens (primary N) is 2. The number of carboxylic acids is 2. The predicted molar refractivity (Wildman–Crippen MR) is 333 cm³/mol. The Labute approximate surface area is 517 Å². The second kappa shape index (κ2) is 49.8. The molecule has 0 heterocycles. The first-order valence-electron chi connectivity index (χ1n) is 31.8. The number of phenolic OH excluding ortho intramolecular Hbond substituents is 1. The van der Waals surface area contributed by atoms with Crippen LogP contribution in [0.5, 0.6) is 5.75 Å². The van der Waals surface area contributed by atoms with Crippen molar-refractivity contribution < 1.29 is 77.4 Å². The Balaban J connectivity index is 2.29. The standard InChI is InChI=1S/C65H108N6O16/c1-47(2)41-55(74)43-51(63(80)49(4)56(24-16-17-25-59(66)67)58(75)44-52(64(68)81)42-50-27-29-53(72)30-28-50)22-18-19-33-69-61(77)46-87-40-37-84-35-20-23-54(73)45-86-39-38-85-36-34-70-60(76)32-31-57(65(82)83)71-48(3)21-14-12-10-8-6-5-7-9-11-13-15-26-62(78)79/h27-30,47,49,51-52,56-57,71-72H,3,5-26,31-46H2,1-2,4H3,(H3,66,67)(H2,68,81)(H,69,77)(H,70,76)(H,78,79)(H,82,83)/t49?,51-,52-,56-,57+/m1/s1. The Hall–Kier alpha value is -6.10. The van der Waals surface area contributed by atoms with Gasteiger partial charge in [-0.3, -0.25) is 43.8 Å². The number of amidine groups is 1. The number of Topliss-reactive ketones (excluding diaryl/α,β-unsaturated/α-hetero) is 4. The summed E-state index contributed by atoms with van der Waals surface area (Å²) in [6, 6.07) is 5.36. The van der Waals surface area contributed by atoms with Crippen molar-refractivity contribution in [1.82, 2.24) is 16.0 Å². The van der Waals surface area contributed by atoms with Gasteiger partial charge in [-0.15, -0.1) is 0 Å². The highest BCUT2D eigenvalue weighted by Crippen LogP contribution is 2.31. The summed E-state index contributed by atoms with van der Waals surface area (Å²) in [5, 5.41) is 44.2. The van der Waals surface area contributed by atoms with E-state index in [9.17, 15) is 53.4 Å². The fourth-order valence-corrected chi connectivity index (χ4v) is 10.1. The number of unbranched alkanes of at least 4 members (excludes halogenated alkanes) is 12. The molecule has 0 aliphatic carbocycles.